The lowest BCUT2D eigenvalue weighted by atomic mass is 10.3. The largest absolute Gasteiger partial charge is 0.486 e. The average molecular weight is 359 g/mol. The van der Waals surface area contributed by atoms with Gasteiger partial charge in [0.2, 0.25) is 0 Å². The van der Waals surface area contributed by atoms with Crippen molar-refractivity contribution in [2.45, 2.75) is 23.0 Å². The minimum atomic E-state index is 0.0916. The zero-order chi connectivity index (χ0) is 17.2. The van der Waals surface area contributed by atoms with Gasteiger partial charge in [-0.1, -0.05) is 11.8 Å². The molecule has 0 aliphatic carbocycles. The van der Waals surface area contributed by atoms with Gasteiger partial charge in [-0.25, -0.2) is 15.0 Å². The number of aliphatic hydroxyl groups excluding tert-OH is 1. The van der Waals surface area contributed by atoms with Crippen LogP contribution in [0.3, 0.4) is 0 Å². The summed E-state index contributed by atoms with van der Waals surface area (Å²) >= 11 is 1.48. The van der Waals surface area contributed by atoms with E-state index in [9.17, 15) is 5.11 Å². The van der Waals surface area contributed by atoms with Gasteiger partial charge >= 0.3 is 0 Å². The van der Waals surface area contributed by atoms with Crippen molar-refractivity contribution in [3.8, 4) is 11.5 Å². The molecule has 8 nitrogen and oxygen atoms in total. The fourth-order valence-electron chi connectivity index (χ4n) is 2.63. The Morgan fingerprint density at radius 1 is 1.20 bits per heavy atom. The number of nitrogens with zero attached hydrogens (tertiary/aromatic N) is 4. The van der Waals surface area contributed by atoms with Gasteiger partial charge < -0.3 is 24.9 Å². The highest BCUT2D eigenvalue weighted by atomic mass is 32.2. The number of rotatable bonds is 5. The second kappa shape index (κ2) is 6.77. The first-order chi connectivity index (χ1) is 12.3. The number of hydrogen-bond donors (Lipinski definition) is 2. The third kappa shape index (κ3) is 3.08. The minimum Gasteiger partial charge on any atom is -0.486 e. The Hall–Kier alpha value is -2.52. The molecular weight excluding hydrogens is 342 g/mol. The molecule has 0 atom stereocenters. The predicted molar refractivity (Wildman–Crippen MR) is 93.0 cm³/mol. The summed E-state index contributed by atoms with van der Waals surface area (Å²) in [5, 5.41) is 9.92. The molecule has 3 aromatic rings. The smallest absolute Gasteiger partial charge is 0.175 e. The number of ether oxygens (including phenoxy) is 2. The van der Waals surface area contributed by atoms with Crippen LogP contribution in [0.15, 0.2) is 34.6 Å². The van der Waals surface area contributed by atoms with Crippen molar-refractivity contribution in [1.29, 1.82) is 0 Å². The van der Waals surface area contributed by atoms with E-state index in [0.717, 1.165) is 21.6 Å². The van der Waals surface area contributed by atoms with Crippen LogP contribution in [-0.4, -0.2) is 44.4 Å². The molecule has 0 saturated carbocycles. The molecule has 1 aromatic carbocycles. The van der Waals surface area contributed by atoms with E-state index in [4.69, 9.17) is 15.2 Å². The molecule has 0 spiro atoms. The highest BCUT2D eigenvalue weighted by molar-refractivity contribution is 7.99. The SMILES string of the molecule is Nc1ncnc2c1nc(Sc1ccc3c(c1)OCCO3)n2CCCO. The first kappa shape index (κ1) is 16.0. The topological polar surface area (TPSA) is 108 Å². The molecule has 2 aromatic heterocycles. The molecule has 3 N–H and O–H groups in total. The molecule has 130 valence electrons. The van der Waals surface area contributed by atoms with E-state index in [0.29, 0.717) is 43.2 Å². The van der Waals surface area contributed by atoms with E-state index in [2.05, 4.69) is 15.0 Å². The molecule has 1 aliphatic rings. The number of aliphatic hydroxyl groups is 1. The molecule has 0 saturated heterocycles. The molecule has 0 fully saturated rings. The zero-order valence-corrected chi connectivity index (χ0v) is 14.2. The van der Waals surface area contributed by atoms with Crippen LogP contribution in [0, 0.1) is 0 Å². The molecule has 25 heavy (non-hydrogen) atoms. The number of aryl methyl sites for hydroxylation is 1. The number of aromatic nitrogens is 4. The van der Waals surface area contributed by atoms with Crippen molar-refractivity contribution in [3.05, 3.63) is 24.5 Å². The van der Waals surface area contributed by atoms with Crippen LogP contribution in [0.2, 0.25) is 0 Å². The molecule has 1 aliphatic heterocycles. The van der Waals surface area contributed by atoms with Crippen LogP contribution in [0.4, 0.5) is 5.82 Å². The lowest BCUT2D eigenvalue weighted by molar-refractivity contribution is 0.171. The van der Waals surface area contributed by atoms with E-state index in [1.54, 1.807) is 0 Å². The van der Waals surface area contributed by atoms with Crippen molar-refractivity contribution in [2.24, 2.45) is 0 Å². The quantitative estimate of drug-likeness (QED) is 0.709. The summed E-state index contributed by atoms with van der Waals surface area (Å²) in [4.78, 5) is 13.9. The second-order valence-corrected chi connectivity index (χ2v) is 6.50. The van der Waals surface area contributed by atoms with Gasteiger partial charge in [0, 0.05) is 18.0 Å². The normalized spacial score (nSPS) is 13.3. The highest BCUT2D eigenvalue weighted by Gasteiger charge is 2.17. The van der Waals surface area contributed by atoms with Gasteiger partial charge in [-0.05, 0) is 24.6 Å². The minimum absolute atomic E-state index is 0.0916. The average Bonchev–Trinajstić information content (AvgIpc) is 2.98. The Morgan fingerprint density at radius 2 is 2.04 bits per heavy atom. The number of imidazole rings is 1. The van der Waals surface area contributed by atoms with Crippen molar-refractivity contribution in [3.63, 3.8) is 0 Å². The molecule has 0 amide bonds. The van der Waals surface area contributed by atoms with Crippen molar-refractivity contribution >= 4 is 28.7 Å². The molecule has 0 radical (unpaired) electrons. The number of fused-ring (bicyclic) bond motifs is 2. The molecule has 4 rings (SSSR count). The maximum atomic E-state index is 9.18. The molecule has 3 heterocycles. The highest BCUT2D eigenvalue weighted by Crippen LogP contribution is 2.37. The number of nitrogen functional groups attached to an aromatic ring is 1. The summed E-state index contributed by atoms with van der Waals surface area (Å²) in [6.45, 7) is 1.79. The predicted octanol–water partition coefficient (Wildman–Crippen LogP) is 1.71. The summed E-state index contributed by atoms with van der Waals surface area (Å²) in [7, 11) is 0. The first-order valence-corrected chi connectivity index (χ1v) is 8.73. The Kier molecular flexibility index (Phi) is 4.33. The van der Waals surface area contributed by atoms with E-state index < -0.39 is 0 Å². The van der Waals surface area contributed by atoms with Gasteiger partial charge in [0.15, 0.2) is 33.6 Å². The zero-order valence-electron chi connectivity index (χ0n) is 13.4. The van der Waals surface area contributed by atoms with E-state index in [1.165, 1.54) is 18.1 Å². The van der Waals surface area contributed by atoms with Crippen molar-refractivity contribution in [2.75, 3.05) is 25.6 Å². The fraction of sp³-hybridized carbons (Fsp3) is 0.312. The molecule has 0 unspecified atom stereocenters. The summed E-state index contributed by atoms with van der Waals surface area (Å²) in [6.07, 6.45) is 2.03. The number of benzene rings is 1. The Labute approximate surface area is 148 Å². The lowest BCUT2D eigenvalue weighted by Crippen LogP contribution is -2.15. The monoisotopic (exact) mass is 359 g/mol. The third-order valence-electron chi connectivity index (χ3n) is 3.79. The summed E-state index contributed by atoms with van der Waals surface area (Å²) in [5.74, 6) is 1.82. The van der Waals surface area contributed by atoms with Gasteiger partial charge in [-0.3, -0.25) is 0 Å². The molecule has 9 heteroatoms. The van der Waals surface area contributed by atoms with E-state index in [-0.39, 0.29) is 6.61 Å². The van der Waals surface area contributed by atoms with Crippen molar-refractivity contribution < 1.29 is 14.6 Å². The molecule has 0 bridgehead atoms. The Balaban J connectivity index is 1.71. The Bertz CT molecular complexity index is 914. The number of hydrogen-bond acceptors (Lipinski definition) is 8. The van der Waals surface area contributed by atoms with E-state index >= 15 is 0 Å². The van der Waals surface area contributed by atoms with Crippen LogP contribution < -0.4 is 15.2 Å². The standard InChI is InChI=1S/C16H17N5O3S/c17-14-13-15(19-9-18-14)21(4-1-5-22)16(20-13)25-10-2-3-11-12(8-10)24-7-6-23-11/h2-3,8-9,22H,1,4-7H2,(H2,17,18,19). The van der Waals surface area contributed by atoms with E-state index in [1.807, 2.05) is 22.8 Å². The van der Waals surface area contributed by atoms with Gasteiger partial charge in [-0.2, -0.15) is 0 Å². The van der Waals surface area contributed by atoms with Crippen LogP contribution in [0.5, 0.6) is 11.5 Å². The lowest BCUT2D eigenvalue weighted by Gasteiger charge is -2.18. The Morgan fingerprint density at radius 3 is 2.88 bits per heavy atom. The second-order valence-electron chi connectivity index (χ2n) is 5.46. The van der Waals surface area contributed by atoms with Crippen LogP contribution in [-0.2, 0) is 6.54 Å². The van der Waals surface area contributed by atoms with Gasteiger partial charge in [0.05, 0.1) is 0 Å². The maximum absolute atomic E-state index is 9.18. The van der Waals surface area contributed by atoms with Crippen molar-refractivity contribution in [1.82, 2.24) is 19.5 Å². The fourth-order valence-corrected chi connectivity index (χ4v) is 3.57. The van der Waals surface area contributed by atoms with Crippen LogP contribution >= 0.6 is 11.8 Å². The number of anilines is 1. The van der Waals surface area contributed by atoms with Crippen LogP contribution in [0.1, 0.15) is 6.42 Å². The van der Waals surface area contributed by atoms with Crippen LogP contribution in [0.25, 0.3) is 11.2 Å². The maximum Gasteiger partial charge on any atom is 0.175 e. The summed E-state index contributed by atoms with van der Waals surface area (Å²) in [5.41, 5.74) is 7.17. The third-order valence-corrected chi connectivity index (χ3v) is 4.77. The first-order valence-electron chi connectivity index (χ1n) is 7.91. The number of nitrogens with two attached hydrogens (primary N) is 1. The molecular formula is C16H17N5O3S. The van der Waals surface area contributed by atoms with Gasteiger partial charge in [-0.15, -0.1) is 0 Å². The summed E-state index contributed by atoms with van der Waals surface area (Å²) in [6, 6.07) is 5.79. The van der Waals surface area contributed by atoms with Gasteiger partial charge in [0.1, 0.15) is 19.5 Å². The van der Waals surface area contributed by atoms with Gasteiger partial charge in [0.25, 0.3) is 0 Å². The summed E-state index contributed by atoms with van der Waals surface area (Å²) < 4.78 is 13.1.